The van der Waals surface area contributed by atoms with Crippen molar-refractivity contribution in [2.24, 2.45) is 0 Å². The number of anilines is 1. The first-order chi connectivity index (χ1) is 8.66. The average molecular weight is 242 g/mol. The molecule has 2 aromatic rings. The monoisotopic (exact) mass is 242 g/mol. The average Bonchev–Trinajstić information content (AvgIpc) is 2.40. The Morgan fingerprint density at radius 1 is 1.33 bits per heavy atom. The SMILES string of the molecule is CC(C)c1cnnc(NC(=O)c2cccnc2)c1. The highest BCUT2D eigenvalue weighted by Crippen LogP contribution is 2.15. The molecule has 2 heterocycles. The summed E-state index contributed by atoms with van der Waals surface area (Å²) >= 11 is 0. The van der Waals surface area contributed by atoms with E-state index in [0.717, 1.165) is 5.56 Å². The molecule has 5 heteroatoms. The molecule has 0 aliphatic rings. The number of carbonyl (C=O) groups excluding carboxylic acids is 1. The lowest BCUT2D eigenvalue weighted by Crippen LogP contribution is -2.13. The van der Waals surface area contributed by atoms with Gasteiger partial charge >= 0.3 is 0 Å². The molecule has 0 saturated carbocycles. The van der Waals surface area contributed by atoms with E-state index >= 15 is 0 Å². The zero-order valence-electron chi connectivity index (χ0n) is 10.3. The van der Waals surface area contributed by atoms with E-state index in [1.165, 1.54) is 6.20 Å². The second kappa shape index (κ2) is 5.35. The lowest BCUT2D eigenvalue weighted by Gasteiger charge is -2.07. The van der Waals surface area contributed by atoms with Crippen molar-refractivity contribution in [3.05, 3.63) is 47.9 Å². The Hall–Kier alpha value is -2.30. The quantitative estimate of drug-likeness (QED) is 0.896. The molecular weight excluding hydrogens is 228 g/mol. The highest BCUT2D eigenvalue weighted by atomic mass is 16.1. The first-order valence-corrected chi connectivity index (χ1v) is 5.71. The Morgan fingerprint density at radius 2 is 2.17 bits per heavy atom. The third-order valence-corrected chi connectivity index (χ3v) is 2.51. The molecule has 0 bridgehead atoms. The Balaban J connectivity index is 2.15. The summed E-state index contributed by atoms with van der Waals surface area (Å²) in [5.74, 6) is 0.558. The summed E-state index contributed by atoms with van der Waals surface area (Å²) < 4.78 is 0. The van der Waals surface area contributed by atoms with Gasteiger partial charge in [-0.25, -0.2) is 0 Å². The van der Waals surface area contributed by atoms with Crippen LogP contribution in [0, 0.1) is 0 Å². The van der Waals surface area contributed by atoms with E-state index in [0.29, 0.717) is 17.3 Å². The van der Waals surface area contributed by atoms with E-state index in [1.54, 1.807) is 24.5 Å². The number of nitrogens with one attached hydrogen (secondary N) is 1. The van der Waals surface area contributed by atoms with Gasteiger partial charge in [-0.3, -0.25) is 9.78 Å². The fraction of sp³-hybridized carbons (Fsp3) is 0.231. The molecule has 5 nitrogen and oxygen atoms in total. The Kier molecular flexibility index (Phi) is 3.62. The fourth-order valence-corrected chi connectivity index (χ4v) is 1.44. The van der Waals surface area contributed by atoms with Crippen LogP contribution in [0.15, 0.2) is 36.8 Å². The zero-order chi connectivity index (χ0) is 13.0. The standard InChI is InChI=1S/C13H14N4O/c1-9(2)11-6-12(17-15-8-11)16-13(18)10-4-3-5-14-7-10/h3-9H,1-2H3,(H,16,17,18). The van der Waals surface area contributed by atoms with E-state index in [4.69, 9.17) is 0 Å². The maximum absolute atomic E-state index is 11.9. The normalized spacial score (nSPS) is 10.4. The van der Waals surface area contributed by atoms with Gasteiger partial charge in [-0.2, -0.15) is 5.10 Å². The largest absolute Gasteiger partial charge is 0.305 e. The Bertz CT molecular complexity index is 540. The minimum absolute atomic E-state index is 0.238. The van der Waals surface area contributed by atoms with Crippen molar-refractivity contribution < 1.29 is 4.79 Å². The molecule has 0 aromatic carbocycles. The molecule has 0 atom stereocenters. The second-order valence-electron chi connectivity index (χ2n) is 4.22. The Morgan fingerprint density at radius 3 is 2.83 bits per heavy atom. The van der Waals surface area contributed by atoms with Gasteiger partial charge in [0.2, 0.25) is 0 Å². The molecule has 1 N–H and O–H groups in total. The minimum atomic E-state index is -0.238. The predicted molar refractivity (Wildman–Crippen MR) is 68.3 cm³/mol. The first kappa shape index (κ1) is 12.2. The maximum atomic E-state index is 11.9. The smallest absolute Gasteiger partial charge is 0.258 e. The summed E-state index contributed by atoms with van der Waals surface area (Å²) in [7, 11) is 0. The van der Waals surface area contributed by atoms with Crippen LogP contribution < -0.4 is 5.32 Å². The number of aromatic nitrogens is 3. The molecular formula is C13H14N4O. The van der Waals surface area contributed by atoms with Crippen molar-refractivity contribution in [2.75, 3.05) is 5.32 Å². The van der Waals surface area contributed by atoms with Gasteiger partial charge in [0, 0.05) is 12.4 Å². The molecule has 0 saturated heterocycles. The van der Waals surface area contributed by atoms with Gasteiger partial charge in [-0.1, -0.05) is 13.8 Å². The summed E-state index contributed by atoms with van der Waals surface area (Å²) in [6, 6.07) is 5.24. The van der Waals surface area contributed by atoms with Gasteiger partial charge in [0.1, 0.15) is 0 Å². The molecule has 1 amide bonds. The Labute approximate surface area is 105 Å². The molecule has 2 aromatic heterocycles. The van der Waals surface area contributed by atoms with E-state index in [1.807, 2.05) is 6.07 Å². The number of carbonyl (C=O) groups is 1. The highest BCUT2D eigenvalue weighted by molar-refractivity contribution is 6.03. The second-order valence-corrected chi connectivity index (χ2v) is 4.22. The van der Waals surface area contributed by atoms with Crippen molar-refractivity contribution in [3.8, 4) is 0 Å². The van der Waals surface area contributed by atoms with Crippen LogP contribution in [0.25, 0.3) is 0 Å². The third-order valence-electron chi connectivity index (χ3n) is 2.51. The van der Waals surface area contributed by atoms with Crippen LogP contribution in [-0.2, 0) is 0 Å². The van der Waals surface area contributed by atoms with Crippen LogP contribution >= 0.6 is 0 Å². The molecule has 0 spiro atoms. The number of hydrogen-bond acceptors (Lipinski definition) is 4. The highest BCUT2D eigenvalue weighted by Gasteiger charge is 2.08. The summed E-state index contributed by atoms with van der Waals surface area (Å²) in [4.78, 5) is 15.8. The predicted octanol–water partition coefficient (Wildman–Crippen LogP) is 2.25. The van der Waals surface area contributed by atoms with Gasteiger partial charge < -0.3 is 5.32 Å². The number of nitrogens with zero attached hydrogens (tertiary/aromatic N) is 3. The van der Waals surface area contributed by atoms with Crippen molar-refractivity contribution in [2.45, 2.75) is 19.8 Å². The van der Waals surface area contributed by atoms with Crippen molar-refractivity contribution in [3.63, 3.8) is 0 Å². The van der Waals surface area contributed by atoms with Crippen molar-refractivity contribution >= 4 is 11.7 Å². The lowest BCUT2D eigenvalue weighted by molar-refractivity contribution is 0.102. The maximum Gasteiger partial charge on any atom is 0.258 e. The van der Waals surface area contributed by atoms with Gasteiger partial charge in [-0.15, -0.1) is 5.10 Å². The number of pyridine rings is 1. The van der Waals surface area contributed by atoms with Crippen LogP contribution in [0.1, 0.15) is 35.7 Å². The molecule has 18 heavy (non-hydrogen) atoms. The molecule has 0 unspecified atom stereocenters. The number of amides is 1. The topological polar surface area (TPSA) is 67.8 Å². The van der Waals surface area contributed by atoms with E-state index in [2.05, 4.69) is 34.3 Å². The van der Waals surface area contributed by atoms with Crippen LogP contribution in [0.3, 0.4) is 0 Å². The van der Waals surface area contributed by atoms with Crippen LogP contribution in [0.5, 0.6) is 0 Å². The third kappa shape index (κ3) is 2.88. The molecule has 2 rings (SSSR count). The molecule has 92 valence electrons. The molecule has 0 aliphatic heterocycles. The lowest BCUT2D eigenvalue weighted by atomic mass is 10.1. The zero-order valence-corrected chi connectivity index (χ0v) is 10.3. The van der Waals surface area contributed by atoms with Crippen molar-refractivity contribution in [1.29, 1.82) is 0 Å². The van der Waals surface area contributed by atoms with Gasteiger partial charge in [0.25, 0.3) is 5.91 Å². The molecule has 0 fully saturated rings. The summed E-state index contributed by atoms with van der Waals surface area (Å²) in [6.07, 6.45) is 4.83. The van der Waals surface area contributed by atoms with Gasteiger partial charge in [0.05, 0.1) is 11.8 Å². The first-order valence-electron chi connectivity index (χ1n) is 5.71. The summed E-state index contributed by atoms with van der Waals surface area (Å²) in [5, 5.41) is 10.5. The molecule has 0 radical (unpaired) electrons. The van der Waals surface area contributed by atoms with E-state index in [9.17, 15) is 4.79 Å². The van der Waals surface area contributed by atoms with E-state index in [-0.39, 0.29) is 5.91 Å². The van der Waals surface area contributed by atoms with Gasteiger partial charge in [-0.05, 0) is 29.7 Å². The van der Waals surface area contributed by atoms with E-state index < -0.39 is 0 Å². The summed E-state index contributed by atoms with van der Waals surface area (Å²) in [6.45, 7) is 4.12. The molecule has 0 aliphatic carbocycles. The minimum Gasteiger partial charge on any atom is -0.305 e. The summed E-state index contributed by atoms with van der Waals surface area (Å²) in [5.41, 5.74) is 1.53. The van der Waals surface area contributed by atoms with Gasteiger partial charge in [0.15, 0.2) is 5.82 Å². The van der Waals surface area contributed by atoms with Crippen LogP contribution in [0.2, 0.25) is 0 Å². The van der Waals surface area contributed by atoms with Crippen LogP contribution in [0.4, 0.5) is 5.82 Å². The number of hydrogen-bond donors (Lipinski definition) is 1. The fourth-order valence-electron chi connectivity index (χ4n) is 1.44. The van der Waals surface area contributed by atoms with Crippen LogP contribution in [-0.4, -0.2) is 21.1 Å². The van der Waals surface area contributed by atoms with Crippen molar-refractivity contribution in [1.82, 2.24) is 15.2 Å². The number of rotatable bonds is 3.